The Balaban J connectivity index is 1.42. The van der Waals surface area contributed by atoms with Crippen LogP contribution in [0.1, 0.15) is 18.5 Å². The van der Waals surface area contributed by atoms with E-state index in [4.69, 9.17) is 0 Å². The Kier molecular flexibility index (Phi) is 5.76. The van der Waals surface area contributed by atoms with Gasteiger partial charge in [-0.25, -0.2) is 19.4 Å². The Hall–Kier alpha value is -3.42. The number of benzene rings is 1. The Bertz CT molecular complexity index is 803. The van der Waals surface area contributed by atoms with Crippen LogP contribution in [0, 0.1) is 0 Å². The first-order valence-electron chi connectivity index (χ1n) is 8.36. The molecule has 134 valence electrons. The number of carbonyl (C=O) groups is 1. The van der Waals surface area contributed by atoms with Gasteiger partial charge in [0, 0.05) is 19.3 Å². The largest absolute Gasteiger partial charge is 0.368 e. The van der Waals surface area contributed by atoms with Gasteiger partial charge in [0.15, 0.2) is 0 Å². The third-order valence-corrected chi connectivity index (χ3v) is 3.81. The van der Waals surface area contributed by atoms with Gasteiger partial charge in [-0.15, -0.1) is 0 Å². The van der Waals surface area contributed by atoms with Crippen LogP contribution in [-0.2, 0) is 0 Å². The number of anilines is 1. The molecule has 8 nitrogen and oxygen atoms in total. The van der Waals surface area contributed by atoms with Crippen LogP contribution in [0.5, 0.6) is 0 Å². The lowest BCUT2D eigenvalue weighted by Crippen LogP contribution is -2.39. The number of rotatable bonds is 7. The first-order chi connectivity index (χ1) is 12.7. The topological polar surface area (TPSA) is 96.8 Å². The molecule has 8 heteroatoms. The molecule has 2 heterocycles. The Morgan fingerprint density at radius 2 is 2.00 bits per heavy atom. The fraction of sp³-hybridized carbons (Fsp3) is 0.222. The molecule has 0 saturated carbocycles. The van der Waals surface area contributed by atoms with Crippen molar-refractivity contribution in [2.24, 2.45) is 0 Å². The van der Waals surface area contributed by atoms with Crippen LogP contribution in [0.3, 0.4) is 0 Å². The van der Waals surface area contributed by atoms with Gasteiger partial charge in [0.1, 0.15) is 18.5 Å². The molecule has 1 atom stereocenters. The van der Waals surface area contributed by atoms with Crippen molar-refractivity contribution >= 4 is 11.8 Å². The van der Waals surface area contributed by atoms with E-state index in [9.17, 15) is 4.79 Å². The Labute approximate surface area is 151 Å². The van der Waals surface area contributed by atoms with E-state index in [0.29, 0.717) is 13.1 Å². The van der Waals surface area contributed by atoms with E-state index in [1.165, 1.54) is 6.33 Å². The summed E-state index contributed by atoms with van der Waals surface area (Å²) in [6.07, 6.45) is 4.85. The normalized spacial score (nSPS) is 11.6. The summed E-state index contributed by atoms with van der Waals surface area (Å²) < 4.78 is 1.68. The highest BCUT2D eigenvalue weighted by Crippen LogP contribution is 2.14. The average Bonchev–Trinajstić information content (AvgIpc) is 3.21. The number of hydrogen-bond acceptors (Lipinski definition) is 5. The molecule has 0 aliphatic heterocycles. The fourth-order valence-corrected chi connectivity index (χ4v) is 2.42. The van der Waals surface area contributed by atoms with Gasteiger partial charge in [0.25, 0.3) is 0 Å². The monoisotopic (exact) mass is 351 g/mol. The number of urea groups is 1. The van der Waals surface area contributed by atoms with Crippen molar-refractivity contribution < 1.29 is 4.79 Å². The molecule has 2 aromatic heterocycles. The summed E-state index contributed by atoms with van der Waals surface area (Å²) in [5, 5.41) is 13.0. The lowest BCUT2D eigenvalue weighted by molar-refractivity contribution is 0.238. The smallest absolute Gasteiger partial charge is 0.315 e. The minimum absolute atomic E-state index is 0.108. The van der Waals surface area contributed by atoms with Gasteiger partial charge in [-0.1, -0.05) is 18.2 Å². The summed E-state index contributed by atoms with van der Waals surface area (Å²) in [5.41, 5.74) is 1.93. The molecule has 1 unspecified atom stereocenters. The van der Waals surface area contributed by atoms with Gasteiger partial charge in [0.2, 0.25) is 0 Å². The van der Waals surface area contributed by atoms with Crippen LogP contribution < -0.4 is 16.0 Å². The molecule has 26 heavy (non-hydrogen) atoms. The molecule has 3 rings (SSSR count). The first-order valence-corrected chi connectivity index (χ1v) is 8.36. The van der Waals surface area contributed by atoms with E-state index in [2.05, 4.69) is 31.0 Å². The van der Waals surface area contributed by atoms with Gasteiger partial charge >= 0.3 is 6.03 Å². The summed E-state index contributed by atoms with van der Waals surface area (Å²) in [6, 6.07) is 13.1. The maximum atomic E-state index is 12.0. The molecular weight excluding hydrogens is 330 g/mol. The quantitative estimate of drug-likeness (QED) is 0.567. The molecule has 0 fully saturated rings. The van der Waals surface area contributed by atoms with E-state index in [1.807, 2.05) is 49.4 Å². The van der Waals surface area contributed by atoms with E-state index < -0.39 is 0 Å². The van der Waals surface area contributed by atoms with Gasteiger partial charge in [-0.3, -0.25) is 0 Å². The molecule has 0 aliphatic rings. The average molecular weight is 351 g/mol. The molecule has 3 aromatic rings. The van der Waals surface area contributed by atoms with Crippen molar-refractivity contribution in [2.75, 3.05) is 18.4 Å². The van der Waals surface area contributed by atoms with E-state index in [1.54, 1.807) is 17.2 Å². The molecule has 3 N–H and O–H groups in total. The third-order valence-electron chi connectivity index (χ3n) is 3.81. The second-order valence-electron chi connectivity index (χ2n) is 5.70. The minimum Gasteiger partial charge on any atom is -0.368 e. The van der Waals surface area contributed by atoms with E-state index in [0.717, 1.165) is 17.1 Å². The van der Waals surface area contributed by atoms with Crippen LogP contribution in [0.4, 0.5) is 10.6 Å². The lowest BCUT2D eigenvalue weighted by Gasteiger charge is -2.15. The number of nitrogens with one attached hydrogen (secondary N) is 3. The maximum Gasteiger partial charge on any atom is 0.315 e. The lowest BCUT2D eigenvalue weighted by atomic mass is 10.1. The molecular formula is C18H21N7O. The first kappa shape index (κ1) is 17.4. The number of hydrogen-bond donors (Lipinski definition) is 3. The SMILES string of the molecule is CC(NC(=O)NCCNc1ccccn1)c1ccc(-n2cncn2)cc1. The summed E-state index contributed by atoms with van der Waals surface area (Å²) in [6.45, 7) is 3.04. The third kappa shape index (κ3) is 4.79. The highest BCUT2D eigenvalue weighted by atomic mass is 16.2. The molecule has 0 bridgehead atoms. The Morgan fingerprint density at radius 3 is 2.69 bits per heavy atom. The summed E-state index contributed by atoms with van der Waals surface area (Å²) in [5.74, 6) is 0.788. The number of amides is 2. The highest BCUT2D eigenvalue weighted by Gasteiger charge is 2.09. The standard InChI is InChI=1S/C18H21N7O/c1-14(15-5-7-16(8-6-15)25-13-19-12-23-25)24-18(26)22-11-10-21-17-4-2-3-9-20-17/h2-9,12-14H,10-11H2,1H3,(H,20,21)(H2,22,24,26). The minimum atomic E-state index is -0.208. The van der Waals surface area contributed by atoms with Crippen molar-refractivity contribution in [3.05, 3.63) is 66.9 Å². The van der Waals surface area contributed by atoms with Crippen LogP contribution in [0.2, 0.25) is 0 Å². The fourth-order valence-electron chi connectivity index (χ4n) is 2.42. The second kappa shape index (κ2) is 8.61. The van der Waals surface area contributed by atoms with Crippen molar-refractivity contribution in [3.63, 3.8) is 0 Å². The van der Waals surface area contributed by atoms with Gasteiger partial charge in [0.05, 0.1) is 11.7 Å². The van der Waals surface area contributed by atoms with Crippen molar-refractivity contribution in [1.82, 2.24) is 30.4 Å². The number of aromatic nitrogens is 4. The Morgan fingerprint density at radius 1 is 1.15 bits per heavy atom. The van der Waals surface area contributed by atoms with Crippen LogP contribution in [-0.4, -0.2) is 38.9 Å². The van der Waals surface area contributed by atoms with Crippen molar-refractivity contribution in [1.29, 1.82) is 0 Å². The van der Waals surface area contributed by atoms with Crippen LogP contribution >= 0.6 is 0 Å². The maximum absolute atomic E-state index is 12.0. The summed E-state index contributed by atoms with van der Waals surface area (Å²) in [7, 11) is 0. The molecule has 0 radical (unpaired) electrons. The molecule has 0 aliphatic carbocycles. The van der Waals surface area contributed by atoms with Gasteiger partial charge < -0.3 is 16.0 Å². The summed E-state index contributed by atoms with van der Waals surface area (Å²) >= 11 is 0. The van der Waals surface area contributed by atoms with Crippen LogP contribution in [0.25, 0.3) is 5.69 Å². The number of pyridine rings is 1. The van der Waals surface area contributed by atoms with E-state index in [-0.39, 0.29) is 12.1 Å². The summed E-state index contributed by atoms with van der Waals surface area (Å²) in [4.78, 5) is 20.1. The zero-order valence-corrected chi connectivity index (χ0v) is 14.5. The highest BCUT2D eigenvalue weighted by molar-refractivity contribution is 5.74. The van der Waals surface area contributed by atoms with E-state index >= 15 is 0 Å². The number of carbonyl (C=O) groups excluding carboxylic acids is 1. The predicted octanol–water partition coefficient (Wildman–Crippen LogP) is 2.13. The molecule has 0 saturated heterocycles. The van der Waals surface area contributed by atoms with Gasteiger partial charge in [-0.05, 0) is 36.8 Å². The van der Waals surface area contributed by atoms with Crippen molar-refractivity contribution in [2.45, 2.75) is 13.0 Å². The molecule has 2 amide bonds. The van der Waals surface area contributed by atoms with Crippen LogP contribution in [0.15, 0.2) is 61.3 Å². The number of nitrogens with zero attached hydrogens (tertiary/aromatic N) is 4. The second-order valence-corrected chi connectivity index (χ2v) is 5.70. The zero-order valence-electron chi connectivity index (χ0n) is 14.5. The van der Waals surface area contributed by atoms with Crippen molar-refractivity contribution in [3.8, 4) is 5.69 Å². The zero-order chi connectivity index (χ0) is 18.2. The predicted molar refractivity (Wildman–Crippen MR) is 99.0 cm³/mol. The molecule has 0 spiro atoms. The molecule has 1 aromatic carbocycles. The van der Waals surface area contributed by atoms with Gasteiger partial charge in [-0.2, -0.15) is 5.10 Å².